The molecule has 1 atom stereocenters. The van der Waals surface area contributed by atoms with E-state index >= 15 is 0 Å². The molecule has 0 fully saturated rings. The van der Waals surface area contributed by atoms with Crippen molar-refractivity contribution in [3.63, 3.8) is 0 Å². The summed E-state index contributed by atoms with van der Waals surface area (Å²) in [5, 5.41) is 13.7. The Labute approximate surface area is 162 Å². The summed E-state index contributed by atoms with van der Waals surface area (Å²) in [6.45, 7) is 0.348. The van der Waals surface area contributed by atoms with Gasteiger partial charge >= 0.3 is 5.97 Å². The van der Waals surface area contributed by atoms with Crippen LogP contribution in [0.2, 0.25) is 0 Å². The average Bonchev–Trinajstić information content (AvgIpc) is 2.64. The Balaban J connectivity index is 2.74. The summed E-state index contributed by atoms with van der Waals surface area (Å²) in [7, 11) is 1.42. The SMILES string of the molecule is COc1ccc(C(=O)NCCC(=O)O)cc1NC(=O)[C@@H](N)CCCN=C(N)N. The van der Waals surface area contributed by atoms with E-state index in [4.69, 9.17) is 27.0 Å². The first-order valence-corrected chi connectivity index (χ1v) is 8.54. The van der Waals surface area contributed by atoms with Crippen LogP contribution in [-0.2, 0) is 9.59 Å². The number of guanidine groups is 1. The minimum Gasteiger partial charge on any atom is -0.495 e. The van der Waals surface area contributed by atoms with Crippen molar-refractivity contribution < 1.29 is 24.2 Å². The number of hydrogen-bond donors (Lipinski definition) is 6. The van der Waals surface area contributed by atoms with Gasteiger partial charge in [0.25, 0.3) is 5.91 Å². The molecule has 0 unspecified atom stereocenters. The van der Waals surface area contributed by atoms with E-state index in [1.54, 1.807) is 0 Å². The molecule has 0 aliphatic carbocycles. The maximum atomic E-state index is 12.3. The Morgan fingerprint density at radius 3 is 2.61 bits per heavy atom. The molecule has 11 heteroatoms. The van der Waals surface area contributed by atoms with Crippen molar-refractivity contribution in [2.24, 2.45) is 22.2 Å². The first kappa shape index (κ1) is 22.7. The molecule has 1 rings (SSSR count). The van der Waals surface area contributed by atoms with E-state index in [9.17, 15) is 14.4 Å². The number of nitrogens with zero attached hydrogens (tertiary/aromatic N) is 1. The van der Waals surface area contributed by atoms with Gasteiger partial charge in [0.15, 0.2) is 5.96 Å². The van der Waals surface area contributed by atoms with E-state index in [2.05, 4.69) is 15.6 Å². The number of anilines is 1. The lowest BCUT2D eigenvalue weighted by molar-refractivity contribution is -0.136. The minimum absolute atomic E-state index is 0.0114. The zero-order valence-corrected chi connectivity index (χ0v) is 15.6. The fourth-order valence-electron chi connectivity index (χ4n) is 2.21. The number of hydrogen-bond acceptors (Lipinski definition) is 6. The maximum absolute atomic E-state index is 12.3. The molecule has 1 aromatic rings. The number of carbonyl (C=O) groups excluding carboxylic acids is 2. The first-order valence-electron chi connectivity index (χ1n) is 8.54. The van der Waals surface area contributed by atoms with Gasteiger partial charge in [-0.2, -0.15) is 0 Å². The topological polar surface area (TPSA) is 195 Å². The molecular formula is C17H26N6O5. The van der Waals surface area contributed by atoms with E-state index in [-0.39, 0.29) is 30.2 Å². The van der Waals surface area contributed by atoms with E-state index in [1.165, 1.54) is 25.3 Å². The van der Waals surface area contributed by atoms with Crippen LogP contribution >= 0.6 is 0 Å². The average molecular weight is 394 g/mol. The molecule has 0 saturated heterocycles. The van der Waals surface area contributed by atoms with Crippen LogP contribution in [0.15, 0.2) is 23.2 Å². The zero-order chi connectivity index (χ0) is 21.1. The van der Waals surface area contributed by atoms with Crippen molar-refractivity contribution >= 4 is 29.4 Å². The zero-order valence-electron chi connectivity index (χ0n) is 15.6. The number of rotatable bonds is 11. The van der Waals surface area contributed by atoms with Gasteiger partial charge in [-0.15, -0.1) is 0 Å². The lowest BCUT2D eigenvalue weighted by Gasteiger charge is -2.15. The van der Waals surface area contributed by atoms with Crippen molar-refractivity contribution in [1.82, 2.24) is 5.32 Å². The van der Waals surface area contributed by atoms with Gasteiger partial charge < -0.3 is 37.7 Å². The Kier molecular flexibility index (Phi) is 9.23. The summed E-state index contributed by atoms with van der Waals surface area (Å²) in [4.78, 5) is 38.7. The predicted octanol–water partition coefficient (Wildman–Crippen LogP) is -0.781. The number of methoxy groups -OCH3 is 1. The number of carbonyl (C=O) groups is 3. The van der Waals surface area contributed by atoms with E-state index in [0.717, 1.165) is 0 Å². The summed E-state index contributed by atoms with van der Waals surface area (Å²) >= 11 is 0. The van der Waals surface area contributed by atoms with E-state index < -0.39 is 23.8 Å². The molecule has 154 valence electrons. The van der Waals surface area contributed by atoms with Crippen LogP contribution in [0.4, 0.5) is 5.69 Å². The van der Waals surface area contributed by atoms with Crippen LogP contribution in [0.3, 0.4) is 0 Å². The van der Waals surface area contributed by atoms with E-state index in [1.807, 2.05) is 0 Å². The van der Waals surface area contributed by atoms with Crippen LogP contribution in [0, 0.1) is 0 Å². The van der Waals surface area contributed by atoms with Gasteiger partial charge in [-0.1, -0.05) is 0 Å². The molecular weight excluding hydrogens is 368 g/mol. The van der Waals surface area contributed by atoms with Crippen molar-refractivity contribution in [2.45, 2.75) is 25.3 Å². The number of amides is 2. The molecule has 0 aromatic heterocycles. The molecule has 28 heavy (non-hydrogen) atoms. The van der Waals surface area contributed by atoms with Crippen molar-refractivity contribution in [3.05, 3.63) is 23.8 Å². The van der Waals surface area contributed by atoms with Crippen molar-refractivity contribution in [1.29, 1.82) is 0 Å². The van der Waals surface area contributed by atoms with Gasteiger partial charge in [-0.3, -0.25) is 19.4 Å². The van der Waals surface area contributed by atoms with Crippen LogP contribution < -0.4 is 32.6 Å². The molecule has 9 N–H and O–H groups in total. The summed E-state index contributed by atoms with van der Waals surface area (Å²) < 4.78 is 5.19. The van der Waals surface area contributed by atoms with Gasteiger partial charge in [-0.05, 0) is 31.0 Å². The second-order valence-corrected chi connectivity index (χ2v) is 5.86. The second kappa shape index (κ2) is 11.4. The molecule has 0 saturated carbocycles. The lowest BCUT2D eigenvalue weighted by Crippen LogP contribution is -2.36. The maximum Gasteiger partial charge on any atom is 0.305 e. The highest BCUT2D eigenvalue weighted by molar-refractivity contribution is 5.99. The third-order valence-electron chi connectivity index (χ3n) is 3.65. The number of nitrogens with one attached hydrogen (secondary N) is 2. The molecule has 0 aliphatic rings. The smallest absolute Gasteiger partial charge is 0.305 e. The van der Waals surface area contributed by atoms with Gasteiger partial charge in [0.2, 0.25) is 5.91 Å². The molecule has 0 bridgehead atoms. The normalized spacial score (nSPS) is 11.2. The predicted molar refractivity (Wildman–Crippen MR) is 104 cm³/mol. The molecule has 11 nitrogen and oxygen atoms in total. The van der Waals surface area contributed by atoms with Crippen LogP contribution in [-0.4, -0.2) is 55.1 Å². The molecule has 2 amide bonds. The first-order chi connectivity index (χ1) is 13.2. The molecule has 0 aliphatic heterocycles. The largest absolute Gasteiger partial charge is 0.495 e. The summed E-state index contributed by atoms with van der Waals surface area (Å²) in [6.07, 6.45) is 0.691. The second-order valence-electron chi connectivity index (χ2n) is 5.86. The van der Waals surface area contributed by atoms with Gasteiger partial charge in [0.1, 0.15) is 5.75 Å². The highest BCUT2D eigenvalue weighted by Gasteiger charge is 2.17. The number of aliphatic carboxylic acids is 1. The number of ether oxygens (including phenoxy) is 1. The molecule has 1 aromatic carbocycles. The minimum atomic E-state index is -1.02. The highest BCUT2D eigenvalue weighted by atomic mass is 16.5. The number of carboxylic acid groups (broad SMARTS) is 1. The fourth-order valence-corrected chi connectivity index (χ4v) is 2.21. The van der Waals surface area contributed by atoms with Crippen LogP contribution in [0.25, 0.3) is 0 Å². The number of nitrogens with two attached hydrogens (primary N) is 3. The Morgan fingerprint density at radius 1 is 1.29 bits per heavy atom. The van der Waals surface area contributed by atoms with Gasteiger partial charge in [-0.25, -0.2) is 0 Å². The lowest BCUT2D eigenvalue weighted by atomic mass is 10.1. The number of aliphatic imine (C=N–C) groups is 1. The van der Waals surface area contributed by atoms with Crippen LogP contribution in [0.5, 0.6) is 5.75 Å². The summed E-state index contributed by atoms with van der Waals surface area (Å²) in [5.41, 5.74) is 16.8. The molecule has 0 heterocycles. The Bertz CT molecular complexity index is 733. The van der Waals surface area contributed by atoms with Crippen LogP contribution in [0.1, 0.15) is 29.6 Å². The third-order valence-corrected chi connectivity index (χ3v) is 3.65. The van der Waals surface area contributed by atoms with Gasteiger partial charge in [0, 0.05) is 18.7 Å². The number of benzene rings is 1. The highest BCUT2D eigenvalue weighted by Crippen LogP contribution is 2.25. The molecule has 0 radical (unpaired) electrons. The van der Waals surface area contributed by atoms with Crippen molar-refractivity contribution in [2.75, 3.05) is 25.5 Å². The Hall–Kier alpha value is -3.34. The summed E-state index contributed by atoms with van der Waals surface area (Å²) in [6, 6.07) is 3.65. The summed E-state index contributed by atoms with van der Waals surface area (Å²) in [5.74, 6) is -1.62. The Morgan fingerprint density at radius 2 is 2.00 bits per heavy atom. The third kappa shape index (κ3) is 7.91. The van der Waals surface area contributed by atoms with E-state index in [0.29, 0.717) is 25.1 Å². The monoisotopic (exact) mass is 394 g/mol. The fraction of sp³-hybridized carbons (Fsp3) is 0.412. The molecule has 0 spiro atoms. The van der Waals surface area contributed by atoms with Gasteiger partial charge in [0.05, 0.1) is 25.3 Å². The standard InChI is InChI=1S/C17H26N6O5/c1-28-13-5-4-10(15(26)21-8-6-14(24)25)9-12(13)23-16(27)11(18)3-2-7-22-17(19)20/h4-5,9,11H,2-3,6-8,18H2,1H3,(H,21,26)(H,23,27)(H,24,25)(H4,19,20,22)/t11-/m0/s1. The quantitative estimate of drug-likeness (QED) is 0.160. The number of carboxylic acids is 1. The van der Waals surface area contributed by atoms with Crippen molar-refractivity contribution in [3.8, 4) is 5.75 Å².